The lowest BCUT2D eigenvalue weighted by atomic mass is 10.2. The summed E-state index contributed by atoms with van der Waals surface area (Å²) in [7, 11) is 0. The van der Waals surface area contributed by atoms with Crippen LogP contribution in [-0.2, 0) is 4.79 Å². The standard InChI is InChI=1S/C14H20N2O/c1-3-14(17)16-13-8-6-12(7-9-13)15-10(2)11-4-5-11/h6-11,15H,3-5H2,1-2H3,(H,16,17). The summed E-state index contributed by atoms with van der Waals surface area (Å²) < 4.78 is 0. The van der Waals surface area contributed by atoms with Gasteiger partial charge in [-0.1, -0.05) is 6.92 Å². The molecule has 0 aromatic heterocycles. The Labute approximate surface area is 103 Å². The van der Waals surface area contributed by atoms with E-state index in [1.54, 1.807) is 0 Å². The van der Waals surface area contributed by atoms with Gasteiger partial charge in [-0.25, -0.2) is 0 Å². The van der Waals surface area contributed by atoms with Gasteiger partial charge in [0.05, 0.1) is 0 Å². The largest absolute Gasteiger partial charge is 0.382 e. The summed E-state index contributed by atoms with van der Waals surface area (Å²) in [6, 6.07) is 8.46. The van der Waals surface area contributed by atoms with Gasteiger partial charge in [-0.15, -0.1) is 0 Å². The Morgan fingerprint density at radius 1 is 1.29 bits per heavy atom. The van der Waals surface area contributed by atoms with Crippen LogP contribution in [0, 0.1) is 5.92 Å². The van der Waals surface area contributed by atoms with Gasteiger partial charge in [0, 0.05) is 23.8 Å². The van der Waals surface area contributed by atoms with E-state index in [0.29, 0.717) is 12.5 Å². The molecular formula is C14H20N2O. The molecule has 1 unspecified atom stereocenters. The first-order valence-electron chi connectivity index (χ1n) is 6.35. The predicted octanol–water partition coefficient (Wildman–Crippen LogP) is 3.25. The Bertz CT molecular complexity index is 382. The van der Waals surface area contributed by atoms with Gasteiger partial charge in [0.15, 0.2) is 0 Å². The molecule has 92 valence electrons. The second-order valence-electron chi connectivity index (χ2n) is 4.75. The monoisotopic (exact) mass is 232 g/mol. The molecule has 0 spiro atoms. The van der Waals surface area contributed by atoms with E-state index in [1.165, 1.54) is 12.8 Å². The first-order chi connectivity index (χ1) is 8.19. The van der Waals surface area contributed by atoms with Crippen LogP contribution in [0.4, 0.5) is 11.4 Å². The molecule has 0 radical (unpaired) electrons. The Kier molecular flexibility index (Phi) is 3.67. The van der Waals surface area contributed by atoms with Crippen molar-refractivity contribution in [2.45, 2.75) is 39.2 Å². The summed E-state index contributed by atoms with van der Waals surface area (Å²) in [6.45, 7) is 4.08. The van der Waals surface area contributed by atoms with E-state index in [9.17, 15) is 4.79 Å². The van der Waals surface area contributed by atoms with Crippen LogP contribution in [0.5, 0.6) is 0 Å². The molecule has 1 aromatic carbocycles. The molecule has 3 heteroatoms. The molecule has 1 fully saturated rings. The highest BCUT2D eigenvalue weighted by Gasteiger charge is 2.27. The van der Waals surface area contributed by atoms with Gasteiger partial charge in [-0.2, -0.15) is 0 Å². The number of rotatable bonds is 5. The van der Waals surface area contributed by atoms with Crippen molar-refractivity contribution in [2.24, 2.45) is 5.92 Å². The van der Waals surface area contributed by atoms with Crippen LogP contribution in [-0.4, -0.2) is 11.9 Å². The Hall–Kier alpha value is -1.51. The van der Waals surface area contributed by atoms with E-state index < -0.39 is 0 Å². The average Bonchev–Trinajstić information content (AvgIpc) is 3.15. The lowest BCUT2D eigenvalue weighted by Crippen LogP contribution is -2.17. The first kappa shape index (κ1) is 12.0. The van der Waals surface area contributed by atoms with Gasteiger partial charge in [0.1, 0.15) is 0 Å². The van der Waals surface area contributed by atoms with Crippen LogP contribution >= 0.6 is 0 Å². The second-order valence-corrected chi connectivity index (χ2v) is 4.75. The van der Waals surface area contributed by atoms with Crippen LogP contribution in [0.3, 0.4) is 0 Å². The minimum atomic E-state index is 0.0528. The number of carbonyl (C=O) groups excluding carboxylic acids is 1. The zero-order valence-corrected chi connectivity index (χ0v) is 10.5. The molecule has 2 N–H and O–H groups in total. The molecule has 0 bridgehead atoms. The van der Waals surface area contributed by atoms with Crippen molar-refractivity contribution < 1.29 is 4.79 Å². The fraction of sp³-hybridized carbons (Fsp3) is 0.500. The number of hydrogen-bond donors (Lipinski definition) is 2. The highest BCUT2D eigenvalue weighted by atomic mass is 16.1. The smallest absolute Gasteiger partial charge is 0.224 e. The minimum absolute atomic E-state index is 0.0528. The third kappa shape index (κ3) is 3.48. The zero-order chi connectivity index (χ0) is 12.3. The van der Waals surface area contributed by atoms with Gasteiger partial charge >= 0.3 is 0 Å². The first-order valence-corrected chi connectivity index (χ1v) is 6.35. The maximum Gasteiger partial charge on any atom is 0.224 e. The van der Waals surface area contributed by atoms with Crippen molar-refractivity contribution in [3.05, 3.63) is 24.3 Å². The molecule has 3 nitrogen and oxygen atoms in total. The van der Waals surface area contributed by atoms with Crippen LogP contribution in [0.2, 0.25) is 0 Å². The number of anilines is 2. The molecule has 1 aliphatic carbocycles. The summed E-state index contributed by atoms with van der Waals surface area (Å²) in [6.07, 6.45) is 3.20. The number of nitrogens with one attached hydrogen (secondary N) is 2. The van der Waals surface area contributed by atoms with Gasteiger partial charge in [-0.05, 0) is 49.9 Å². The van der Waals surface area contributed by atoms with E-state index in [2.05, 4.69) is 17.6 Å². The Morgan fingerprint density at radius 2 is 1.88 bits per heavy atom. The molecule has 1 aliphatic rings. The molecule has 1 atom stereocenters. The van der Waals surface area contributed by atoms with E-state index >= 15 is 0 Å². The molecule has 1 amide bonds. The lowest BCUT2D eigenvalue weighted by molar-refractivity contribution is -0.115. The Morgan fingerprint density at radius 3 is 2.41 bits per heavy atom. The van der Waals surface area contributed by atoms with Crippen molar-refractivity contribution >= 4 is 17.3 Å². The maximum atomic E-state index is 11.2. The summed E-state index contributed by atoms with van der Waals surface area (Å²) in [4.78, 5) is 11.2. The predicted molar refractivity (Wildman–Crippen MR) is 71.2 cm³/mol. The van der Waals surface area contributed by atoms with E-state index in [1.807, 2.05) is 31.2 Å². The highest BCUT2D eigenvalue weighted by Crippen LogP contribution is 2.34. The van der Waals surface area contributed by atoms with Crippen LogP contribution < -0.4 is 10.6 Å². The second kappa shape index (κ2) is 5.21. The van der Waals surface area contributed by atoms with Crippen molar-refractivity contribution in [2.75, 3.05) is 10.6 Å². The average molecular weight is 232 g/mol. The Balaban J connectivity index is 1.90. The van der Waals surface area contributed by atoms with Gasteiger partial charge in [0.25, 0.3) is 0 Å². The molecule has 1 aromatic rings. The summed E-state index contributed by atoms with van der Waals surface area (Å²) in [5, 5.41) is 6.33. The highest BCUT2D eigenvalue weighted by molar-refractivity contribution is 5.90. The summed E-state index contributed by atoms with van der Waals surface area (Å²) in [5.41, 5.74) is 1.99. The topological polar surface area (TPSA) is 41.1 Å². The SMILES string of the molecule is CCC(=O)Nc1ccc(NC(C)C2CC2)cc1. The third-order valence-corrected chi connectivity index (χ3v) is 3.21. The molecule has 17 heavy (non-hydrogen) atoms. The zero-order valence-electron chi connectivity index (χ0n) is 10.5. The maximum absolute atomic E-state index is 11.2. The van der Waals surface area contributed by atoms with Crippen LogP contribution in [0.25, 0.3) is 0 Å². The lowest BCUT2D eigenvalue weighted by Gasteiger charge is -2.14. The normalized spacial score (nSPS) is 16.4. The van der Waals surface area contributed by atoms with Crippen molar-refractivity contribution in [1.82, 2.24) is 0 Å². The van der Waals surface area contributed by atoms with E-state index in [0.717, 1.165) is 17.3 Å². The van der Waals surface area contributed by atoms with Crippen molar-refractivity contribution in [1.29, 1.82) is 0 Å². The van der Waals surface area contributed by atoms with Gasteiger partial charge < -0.3 is 10.6 Å². The molecule has 1 saturated carbocycles. The van der Waals surface area contributed by atoms with Crippen molar-refractivity contribution in [3.8, 4) is 0 Å². The number of amides is 1. The van der Waals surface area contributed by atoms with Crippen LogP contribution in [0.15, 0.2) is 24.3 Å². The fourth-order valence-corrected chi connectivity index (χ4v) is 1.88. The molecule has 2 rings (SSSR count). The van der Waals surface area contributed by atoms with Gasteiger partial charge in [-0.3, -0.25) is 4.79 Å². The van der Waals surface area contributed by atoms with Crippen LogP contribution in [0.1, 0.15) is 33.1 Å². The molecular weight excluding hydrogens is 212 g/mol. The summed E-state index contributed by atoms with van der Waals surface area (Å²) in [5.74, 6) is 0.895. The van der Waals surface area contributed by atoms with E-state index in [-0.39, 0.29) is 5.91 Å². The van der Waals surface area contributed by atoms with Crippen molar-refractivity contribution in [3.63, 3.8) is 0 Å². The summed E-state index contributed by atoms with van der Waals surface area (Å²) >= 11 is 0. The van der Waals surface area contributed by atoms with E-state index in [4.69, 9.17) is 0 Å². The molecule has 0 aliphatic heterocycles. The fourth-order valence-electron chi connectivity index (χ4n) is 1.88. The third-order valence-electron chi connectivity index (χ3n) is 3.21. The van der Waals surface area contributed by atoms with Gasteiger partial charge in [0.2, 0.25) is 5.91 Å². The number of hydrogen-bond acceptors (Lipinski definition) is 2. The molecule has 0 saturated heterocycles. The quantitative estimate of drug-likeness (QED) is 0.818. The number of benzene rings is 1. The minimum Gasteiger partial charge on any atom is -0.382 e. The molecule has 0 heterocycles. The number of carbonyl (C=O) groups is 1.